The highest BCUT2D eigenvalue weighted by atomic mass is 35.5. The monoisotopic (exact) mass is 379 g/mol. The summed E-state index contributed by atoms with van der Waals surface area (Å²) in [7, 11) is 0. The van der Waals surface area contributed by atoms with Gasteiger partial charge in [-0.1, -0.05) is 43.0 Å². The van der Waals surface area contributed by atoms with Crippen molar-refractivity contribution in [1.82, 2.24) is 24.4 Å². The Balaban J connectivity index is 1.66. The third kappa shape index (κ3) is 2.72. The Morgan fingerprint density at radius 1 is 1.00 bits per heavy atom. The van der Waals surface area contributed by atoms with Gasteiger partial charge >= 0.3 is 0 Å². The highest BCUT2D eigenvalue weighted by molar-refractivity contribution is 6.30. The van der Waals surface area contributed by atoms with Crippen LogP contribution in [0.2, 0.25) is 5.02 Å². The van der Waals surface area contributed by atoms with Crippen molar-refractivity contribution < 1.29 is 0 Å². The molecule has 6 nitrogen and oxygen atoms in total. The molecule has 1 saturated carbocycles. The molecule has 0 N–H and O–H groups in total. The van der Waals surface area contributed by atoms with Gasteiger partial charge in [-0.15, -0.1) is 10.2 Å². The summed E-state index contributed by atoms with van der Waals surface area (Å²) in [5.41, 5.74) is 3.40. The maximum Gasteiger partial charge on any atom is 0.280 e. The quantitative estimate of drug-likeness (QED) is 0.521. The Kier molecular flexibility index (Phi) is 3.93. The maximum atomic E-state index is 13.0. The Morgan fingerprint density at radius 2 is 1.78 bits per heavy atom. The van der Waals surface area contributed by atoms with Crippen molar-refractivity contribution >= 4 is 28.3 Å². The van der Waals surface area contributed by atoms with Crippen molar-refractivity contribution in [3.05, 3.63) is 58.1 Å². The molecule has 136 valence electrons. The zero-order chi connectivity index (χ0) is 18.4. The molecule has 27 heavy (non-hydrogen) atoms. The predicted molar refractivity (Wildman–Crippen MR) is 105 cm³/mol. The number of rotatable bonds is 2. The molecule has 3 heterocycles. The normalized spacial score (nSPS) is 15.6. The molecule has 1 fully saturated rings. The molecule has 0 atom stereocenters. The van der Waals surface area contributed by atoms with E-state index in [4.69, 9.17) is 11.6 Å². The molecule has 0 unspecified atom stereocenters. The van der Waals surface area contributed by atoms with E-state index >= 15 is 0 Å². The van der Waals surface area contributed by atoms with Crippen LogP contribution >= 0.6 is 11.6 Å². The highest BCUT2D eigenvalue weighted by Gasteiger charge is 2.19. The van der Waals surface area contributed by atoms with Gasteiger partial charge in [0.1, 0.15) is 5.52 Å². The molecule has 0 radical (unpaired) electrons. The molecule has 0 spiro atoms. The molecule has 0 aliphatic heterocycles. The Hall–Kier alpha value is -2.73. The van der Waals surface area contributed by atoms with Crippen LogP contribution in [0.25, 0.3) is 27.8 Å². The lowest BCUT2D eigenvalue weighted by Gasteiger charge is -2.23. The molecule has 1 aliphatic rings. The van der Waals surface area contributed by atoms with Crippen molar-refractivity contribution in [2.75, 3.05) is 0 Å². The van der Waals surface area contributed by atoms with Crippen LogP contribution in [0, 0.1) is 0 Å². The maximum absolute atomic E-state index is 13.0. The Bertz CT molecular complexity index is 1190. The lowest BCUT2D eigenvalue weighted by atomic mass is 9.95. The molecule has 7 heteroatoms. The van der Waals surface area contributed by atoms with Crippen LogP contribution in [0.3, 0.4) is 0 Å². The fourth-order valence-corrected chi connectivity index (χ4v) is 4.11. The molecule has 5 rings (SSSR count). The number of halogens is 1. The van der Waals surface area contributed by atoms with Gasteiger partial charge in [0.2, 0.25) is 0 Å². The number of nitrogens with zero attached hydrogens (tertiary/aromatic N) is 5. The topological polar surface area (TPSA) is 65.1 Å². The first-order valence-electron chi connectivity index (χ1n) is 9.23. The van der Waals surface area contributed by atoms with Gasteiger partial charge in [0, 0.05) is 22.8 Å². The predicted octanol–water partition coefficient (Wildman–Crippen LogP) is 4.26. The van der Waals surface area contributed by atoms with Gasteiger partial charge in [0.05, 0.1) is 6.20 Å². The average molecular weight is 380 g/mol. The van der Waals surface area contributed by atoms with E-state index in [1.165, 1.54) is 19.3 Å². The standard InChI is InChI=1S/C20H18ClN5O/c21-14-8-6-13(7-9-14)16-12-22-26-17-10-11-25(15-4-2-1-3-5-15)20(27)18(17)23-24-19(16)26/h6-12,15H,1-5H2. The van der Waals surface area contributed by atoms with Crippen LogP contribution in [0.4, 0.5) is 0 Å². The summed E-state index contributed by atoms with van der Waals surface area (Å²) in [5, 5.41) is 13.7. The van der Waals surface area contributed by atoms with E-state index in [9.17, 15) is 4.79 Å². The minimum absolute atomic E-state index is 0.0858. The van der Waals surface area contributed by atoms with Crippen LogP contribution < -0.4 is 5.56 Å². The van der Waals surface area contributed by atoms with Gasteiger partial charge in [-0.3, -0.25) is 4.79 Å². The number of pyridine rings is 1. The molecule has 0 saturated heterocycles. The van der Waals surface area contributed by atoms with E-state index in [1.807, 2.05) is 41.1 Å². The van der Waals surface area contributed by atoms with E-state index in [1.54, 1.807) is 10.7 Å². The lowest BCUT2D eigenvalue weighted by molar-refractivity contribution is 0.347. The Labute approximate surface area is 160 Å². The second kappa shape index (κ2) is 6.46. The summed E-state index contributed by atoms with van der Waals surface area (Å²) in [6.07, 6.45) is 9.31. The summed E-state index contributed by atoms with van der Waals surface area (Å²) < 4.78 is 3.52. The molecular formula is C20H18ClN5O. The summed E-state index contributed by atoms with van der Waals surface area (Å²) >= 11 is 5.98. The van der Waals surface area contributed by atoms with Crippen molar-refractivity contribution in [2.45, 2.75) is 38.1 Å². The number of fused-ring (bicyclic) bond motifs is 3. The van der Waals surface area contributed by atoms with Gasteiger partial charge < -0.3 is 4.57 Å². The van der Waals surface area contributed by atoms with Gasteiger partial charge in [0.25, 0.3) is 5.56 Å². The first-order valence-corrected chi connectivity index (χ1v) is 9.61. The van der Waals surface area contributed by atoms with Crippen LogP contribution in [-0.4, -0.2) is 24.4 Å². The molecule has 3 aromatic heterocycles. The van der Waals surface area contributed by atoms with Crippen molar-refractivity contribution in [3.63, 3.8) is 0 Å². The summed E-state index contributed by atoms with van der Waals surface area (Å²) in [4.78, 5) is 13.0. The summed E-state index contributed by atoms with van der Waals surface area (Å²) in [6, 6.07) is 9.69. The van der Waals surface area contributed by atoms with Crippen molar-refractivity contribution in [1.29, 1.82) is 0 Å². The van der Waals surface area contributed by atoms with E-state index < -0.39 is 0 Å². The van der Waals surface area contributed by atoms with Gasteiger partial charge in [-0.25, -0.2) is 4.52 Å². The summed E-state index contributed by atoms with van der Waals surface area (Å²) in [6.45, 7) is 0. The second-order valence-corrected chi connectivity index (χ2v) is 7.49. The smallest absolute Gasteiger partial charge is 0.280 e. The molecule has 4 aromatic rings. The second-order valence-electron chi connectivity index (χ2n) is 7.05. The van der Waals surface area contributed by atoms with Crippen LogP contribution in [0.1, 0.15) is 38.1 Å². The van der Waals surface area contributed by atoms with Crippen molar-refractivity contribution in [2.24, 2.45) is 0 Å². The van der Waals surface area contributed by atoms with Gasteiger partial charge in [-0.2, -0.15) is 5.10 Å². The minimum atomic E-state index is -0.0858. The first-order chi connectivity index (χ1) is 13.2. The SMILES string of the molecule is O=c1c2nnc3c(-c4ccc(Cl)cc4)cnn3c2ccn1C1CCCCC1. The molecule has 1 aliphatic carbocycles. The molecule has 0 bridgehead atoms. The number of benzene rings is 1. The number of aromatic nitrogens is 5. The third-order valence-corrected chi connectivity index (χ3v) is 5.66. The average Bonchev–Trinajstić information content (AvgIpc) is 3.14. The largest absolute Gasteiger partial charge is 0.310 e. The lowest BCUT2D eigenvalue weighted by Crippen LogP contribution is -2.27. The third-order valence-electron chi connectivity index (χ3n) is 5.41. The molecular weight excluding hydrogens is 362 g/mol. The molecule has 1 aromatic carbocycles. The first kappa shape index (κ1) is 16.4. The van der Waals surface area contributed by atoms with Gasteiger partial charge in [-0.05, 0) is 36.6 Å². The van der Waals surface area contributed by atoms with Crippen LogP contribution in [0.15, 0.2) is 47.5 Å². The molecule has 0 amide bonds. The number of hydrogen-bond acceptors (Lipinski definition) is 4. The van der Waals surface area contributed by atoms with Crippen LogP contribution in [0.5, 0.6) is 0 Å². The highest BCUT2D eigenvalue weighted by Crippen LogP contribution is 2.28. The van der Waals surface area contributed by atoms with E-state index in [2.05, 4.69) is 15.3 Å². The number of hydrogen-bond donors (Lipinski definition) is 0. The zero-order valence-corrected chi connectivity index (χ0v) is 15.4. The zero-order valence-electron chi connectivity index (χ0n) is 14.7. The fraction of sp³-hybridized carbons (Fsp3) is 0.300. The minimum Gasteiger partial charge on any atom is -0.310 e. The van der Waals surface area contributed by atoms with Crippen molar-refractivity contribution in [3.8, 4) is 11.1 Å². The fourth-order valence-electron chi connectivity index (χ4n) is 3.99. The van der Waals surface area contributed by atoms with E-state index in [-0.39, 0.29) is 11.6 Å². The summed E-state index contributed by atoms with van der Waals surface area (Å²) in [5.74, 6) is 0. The van der Waals surface area contributed by atoms with Crippen LogP contribution in [-0.2, 0) is 0 Å². The Morgan fingerprint density at radius 3 is 2.56 bits per heavy atom. The van der Waals surface area contributed by atoms with E-state index in [0.717, 1.165) is 24.0 Å². The van der Waals surface area contributed by atoms with E-state index in [0.29, 0.717) is 21.7 Å². The van der Waals surface area contributed by atoms with Gasteiger partial charge in [0.15, 0.2) is 11.2 Å².